The zero-order valence-corrected chi connectivity index (χ0v) is 11.1. The van der Waals surface area contributed by atoms with Crippen molar-refractivity contribution in [3.8, 4) is 0 Å². The molecule has 1 heterocycles. The molecule has 0 radical (unpaired) electrons. The summed E-state index contributed by atoms with van der Waals surface area (Å²) in [5.41, 5.74) is 0. The number of nitrogens with one attached hydrogen (secondary N) is 2. The maximum absolute atomic E-state index is 11.6. The van der Waals surface area contributed by atoms with Gasteiger partial charge in [0.05, 0.1) is 12.5 Å². The summed E-state index contributed by atoms with van der Waals surface area (Å²) in [6.45, 7) is 3.55. The molecule has 1 fully saturated rings. The lowest BCUT2D eigenvalue weighted by atomic mass is 10.1. The summed E-state index contributed by atoms with van der Waals surface area (Å²) < 4.78 is 0. The van der Waals surface area contributed by atoms with E-state index < -0.39 is 23.8 Å². The van der Waals surface area contributed by atoms with Gasteiger partial charge in [-0.15, -0.1) is 0 Å². The fourth-order valence-corrected chi connectivity index (χ4v) is 1.97. The number of amides is 3. The highest BCUT2D eigenvalue weighted by Crippen LogP contribution is 2.15. The van der Waals surface area contributed by atoms with Gasteiger partial charge in [0.15, 0.2) is 0 Å². The van der Waals surface area contributed by atoms with Crippen molar-refractivity contribution >= 4 is 17.9 Å². The Morgan fingerprint density at radius 2 is 2.11 bits per heavy atom. The van der Waals surface area contributed by atoms with Crippen LogP contribution in [-0.2, 0) is 9.59 Å². The molecule has 0 aromatic rings. The Morgan fingerprint density at radius 1 is 1.37 bits per heavy atom. The Labute approximate surface area is 112 Å². The maximum Gasteiger partial charge on any atom is 0.321 e. The van der Waals surface area contributed by atoms with Gasteiger partial charge in [-0.05, 0) is 19.4 Å². The highest BCUT2D eigenvalue weighted by Gasteiger charge is 2.29. The lowest BCUT2D eigenvalue weighted by molar-refractivity contribution is -0.141. The first kappa shape index (κ1) is 15.4. The first-order valence-corrected chi connectivity index (χ1v) is 6.55. The van der Waals surface area contributed by atoms with Gasteiger partial charge in [0.1, 0.15) is 0 Å². The Morgan fingerprint density at radius 3 is 2.68 bits per heavy atom. The van der Waals surface area contributed by atoms with E-state index in [9.17, 15) is 14.4 Å². The molecule has 1 saturated heterocycles. The number of carboxylic acids is 1. The van der Waals surface area contributed by atoms with Crippen LogP contribution in [0.2, 0.25) is 0 Å². The van der Waals surface area contributed by atoms with Crippen LogP contribution in [0.15, 0.2) is 0 Å². The summed E-state index contributed by atoms with van der Waals surface area (Å²) in [6.07, 6.45) is 2.39. The highest BCUT2D eigenvalue weighted by atomic mass is 16.4. The monoisotopic (exact) mass is 271 g/mol. The Kier molecular flexibility index (Phi) is 6.27. The molecule has 1 rings (SSSR count). The van der Waals surface area contributed by atoms with Crippen LogP contribution in [0.4, 0.5) is 4.79 Å². The van der Waals surface area contributed by atoms with Crippen LogP contribution in [0.3, 0.4) is 0 Å². The summed E-state index contributed by atoms with van der Waals surface area (Å²) in [7, 11) is 0. The van der Waals surface area contributed by atoms with Crippen LogP contribution >= 0.6 is 0 Å². The fraction of sp³-hybridized carbons (Fsp3) is 0.750. The van der Waals surface area contributed by atoms with Gasteiger partial charge >= 0.3 is 12.0 Å². The van der Waals surface area contributed by atoms with E-state index in [1.54, 1.807) is 4.90 Å². The lowest BCUT2D eigenvalue weighted by Crippen LogP contribution is -2.44. The lowest BCUT2D eigenvalue weighted by Gasteiger charge is -2.14. The molecule has 1 aliphatic rings. The minimum Gasteiger partial charge on any atom is -0.481 e. The molecule has 19 heavy (non-hydrogen) atoms. The van der Waals surface area contributed by atoms with Crippen LogP contribution in [0.5, 0.6) is 0 Å². The van der Waals surface area contributed by atoms with Crippen molar-refractivity contribution < 1.29 is 19.5 Å². The Hall–Kier alpha value is -1.63. The van der Waals surface area contributed by atoms with Crippen molar-refractivity contribution in [2.75, 3.05) is 26.2 Å². The average Bonchev–Trinajstić information content (AvgIpc) is 2.77. The molecule has 0 spiro atoms. The summed E-state index contributed by atoms with van der Waals surface area (Å²) in [4.78, 5) is 35.4. The van der Waals surface area contributed by atoms with E-state index in [2.05, 4.69) is 10.6 Å². The van der Waals surface area contributed by atoms with E-state index in [1.807, 2.05) is 6.92 Å². The number of carbonyl (C=O) groups excluding carboxylic acids is 2. The number of carboxylic acid groups (broad SMARTS) is 1. The molecule has 1 atom stereocenters. The van der Waals surface area contributed by atoms with Crippen molar-refractivity contribution in [2.24, 2.45) is 5.92 Å². The van der Waals surface area contributed by atoms with Crippen LogP contribution in [0, 0.1) is 5.92 Å². The third-order valence-corrected chi connectivity index (χ3v) is 3.06. The van der Waals surface area contributed by atoms with Gasteiger partial charge in [-0.1, -0.05) is 13.3 Å². The van der Waals surface area contributed by atoms with E-state index in [-0.39, 0.29) is 6.54 Å². The molecule has 0 aromatic heterocycles. The Balaban J connectivity index is 2.21. The zero-order valence-electron chi connectivity index (χ0n) is 11.1. The van der Waals surface area contributed by atoms with Crippen LogP contribution in [-0.4, -0.2) is 54.1 Å². The number of carbonyl (C=O) groups is 3. The van der Waals surface area contributed by atoms with Gasteiger partial charge < -0.3 is 10.4 Å². The fourth-order valence-electron chi connectivity index (χ4n) is 1.97. The normalized spacial score (nSPS) is 19.1. The largest absolute Gasteiger partial charge is 0.481 e. The van der Waals surface area contributed by atoms with Crippen LogP contribution in [0.25, 0.3) is 0 Å². The number of rotatable bonds is 6. The van der Waals surface area contributed by atoms with Crippen molar-refractivity contribution in [3.63, 3.8) is 0 Å². The highest BCUT2D eigenvalue weighted by molar-refractivity contribution is 5.95. The summed E-state index contributed by atoms with van der Waals surface area (Å²) >= 11 is 0. The molecule has 7 nitrogen and oxygen atoms in total. The molecule has 7 heteroatoms. The van der Waals surface area contributed by atoms with E-state index in [4.69, 9.17) is 5.11 Å². The second-order valence-electron chi connectivity index (χ2n) is 4.72. The summed E-state index contributed by atoms with van der Waals surface area (Å²) in [5.74, 6) is -1.65. The number of likely N-dealkylation sites (tertiary alicyclic amines) is 1. The van der Waals surface area contributed by atoms with Gasteiger partial charge in [0, 0.05) is 13.1 Å². The minimum absolute atomic E-state index is 0.0605. The predicted molar refractivity (Wildman–Crippen MR) is 68.6 cm³/mol. The van der Waals surface area contributed by atoms with E-state index >= 15 is 0 Å². The molecule has 108 valence electrons. The number of unbranched alkanes of at least 4 members (excludes halogenated alkanes) is 1. The minimum atomic E-state index is -0.833. The Bertz CT molecular complexity index is 346. The number of nitrogens with zero attached hydrogens (tertiary/aromatic N) is 1. The van der Waals surface area contributed by atoms with E-state index in [0.717, 1.165) is 12.8 Å². The van der Waals surface area contributed by atoms with Gasteiger partial charge in [0.25, 0.3) is 0 Å². The number of urea groups is 1. The molecule has 0 aromatic carbocycles. The van der Waals surface area contributed by atoms with E-state index in [1.165, 1.54) is 0 Å². The van der Waals surface area contributed by atoms with Gasteiger partial charge in [-0.25, -0.2) is 4.79 Å². The molecular weight excluding hydrogens is 250 g/mol. The maximum atomic E-state index is 11.6. The number of hydrogen-bond donors (Lipinski definition) is 3. The van der Waals surface area contributed by atoms with Crippen molar-refractivity contribution in [1.29, 1.82) is 0 Å². The molecule has 1 unspecified atom stereocenters. The second kappa shape index (κ2) is 7.73. The molecule has 0 saturated carbocycles. The van der Waals surface area contributed by atoms with E-state index in [0.29, 0.717) is 26.1 Å². The van der Waals surface area contributed by atoms with Gasteiger partial charge in [-0.3, -0.25) is 19.8 Å². The van der Waals surface area contributed by atoms with Crippen molar-refractivity contribution in [1.82, 2.24) is 15.5 Å². The summed E-state index contributed by atoms with van der Waals surface area (Å²) in [5, 5.41) is 13.7. The van der Waals surface area contributed by atoms with Crippen molar-refractivity contribution in [2.45, 2.75) is 26.2 Å². The molecule has 3 N–H and O–H groups in total. The molecular formula is C12H21N3O4. The number of aliphatic carboxylic acids is 1. The SMILES string of the molecule is CCCCNC(=O)NC(=O)CN1CCC(C(=O)O)C1. The predicted octanol–water partition coefficient (Wildman–Crippen LogP) is 0.0188. The molecule has 3 amide bonds. The smallest absolute Gasteiger partial charge is 0.321 e. The molecule has 0 bridgehead atoms. The first-order valence-electron chi connectivity index (χ1n) is 6.55. The third-order valence-electron chi connectivity index (χ3n) is 3.06. The van der Waals surface area contributed by atoms with Crippen molar-refractivity contribution in [3.05, 3.63) is 0 Å². The van der Waals surface area contributed by atoms with Crippen LogP contribution in [0.1, 0.15) is 26.2 Å². The second-order valence-corrected chi connectivity index (χ2v) is 4.72. The number of hydrogen-bond acceptors (Lipinski definition) is 4. The number of imide groups is 1. The van der Waals surface area contributed by atoms with Gasteiger partial charge in [-0.2, -0.15) is 0 Å². The average molecular weight is 271 g/mol. The molecule has 1 aliphatic heterocycles. The zero-order chi connectivity index (χ0) is 14.3. The molecule has 0 aliphatic carbocycles. The third kappa shape index (κ3) is 5.69. The quantitative estimate of drug-likeness (QED) is 0.591. The van der Waals surface area contributed by atoms with Crippen LogP contribution < -0.4 is 10.6 Å². The topological polar surface area (TPSA) is 98.7 Å². The first-order chi connectivity index (χ1) is 9.02. The van der Waals surface area contributed by atoms with Gasteiger partial charge in [0.2, 0.25) is 5.91 Å². The standard InChI is InChI=1S/C12H21N3O4/c1-2-3-5-13-12(19)14-10(16)8-15-6-4-9(7-15)11(17)18/h9H,2-8H2,1H3,(H,17,18)(H2,13,14,16,19). The summed E-state index contributed by atoms with van der Waals surface area (Å²) in [6, 6.07) is -0.493.